The summed E-state index contributed by atoms with van der Waals surface area (Å²) in [6, 6.07) is 12.1. The van der Waals surface area contributed by atoms with E-state index in [0.717, 1.165) is 0 Å². The molecule has 0 unspecified atom stereocenters. The van der Waals surface area contributed by atoms with Crippen molar-refractivity contribution in [1.29, 1.82) is 0 Å². The third-order valence-corrected chi connectivity index (χ3v) is 2.98. The molecule has 0 spiro atoms. The molecule has 2 amide bonds. The Kier molecular flexibility index (Phi) is 5.82. The van der Waals surface area contributed by atoms with Crippen LogP contribution in [0.15, 0.2) is 53.6 Å². The van der Waals surface area contributed by atoms with Gasteiger partial charge in [-0.15, -0.1) is 0 Å². The van der Waals surface area contributed by atoms with Crippen molar-refractivity contribution in [2.75, 3.05) is 6.54 Å². The molecular formula is C16H13ClFN3O2. The normalized spacial score (nSPS) is 10.5. The van der Waals surface area contributed by atoms with Crippen LogP contribution in [0.3, 0.4) is 0 Å². The number of nitrogens with zero attached hydrogens (tertiary/aromatic N) is 1. The van der Waals surface area contributed by atoms with Gasteiger partial charge in [-0.3, -0.25) is 9.59 Å². The van der Waals surface area contributed by atoms with Crippen LogP contribution in [-0.4, -0.2) is 24.6 Å². The summed E-state index contributed by atoms with van der Waals surface area (Å²) < 4.78 is 12.9. The summed E-state index contributed by atoms with van der Waals surface area (Å²) in [5.74, 6) is -1.32. The summed E-state index contributed by atoms with van der Waals surface area (Å²) in [6.07, 6.45) is 1.31. The Labute approximate surface area is 137 Å². The zero-order valence-electron chi connectivity index (χ0n) is 11.9. The predicted molar refractivity (Wildman–Crippen MR) is 85.9 cm³/mol. The average molecular weight is 334 g/mol. The van der Waals surface area contributed by atoms with Gasteiger partial charge in [0.25, 0.3) is 11.8 Å². The molecule has 0 aliphatic carbocycles. The molecule has 0 radical (unpaired) electrons. The highest BCUT2D eigenvalue weighted by Gasteiger charge is 2.07. The summed E-state index contributed by atoms with van der Waals surface area (Å²) in [5, 5.41) is 6.56. The lowest BCUT2D eigenvalue weighted by Gasteiger charge is -2.04. The highest BCUT2D eigenvalue weighted by atomic mass is 35.5. The van der Waals surface area contributed by atoms with Gasteiger partial charge in [-0.05, 0) is 35.9 Å². The molecule has 118 valence electrons. The van der Waals surface area contributed by atoms with E-state index in [0.29, 0.717) is 16.1 Å². The van der Waals surface area contributed by atoms with Crippen LogP contribution in [0.5, 0.6) is 0 Å². The van der Waals surface area contributed by atoms with Crippen molar-refractivity contribution in [1.82, 2.24) is 10.7 Å². The number of hydrogen-bond acceptors (Lipinski definition) is 3. The zero-order valence-corrected chi connectivity index (χ0v) is 12.7. The Balaban J connectivity index is 1.80. The number of halogens is 2. The smallest absolute Gasteiger partial charge is 0.259 e. The number of rotatable bonds is 5. The van der Waals surface area contributed by atoms with E-state index in [4.69, 9.17) is 11.6 Å². The van der Waals surface area contributed by atoms with Gasteiger partial charge in [-0.25, -0.2) is 9.82 Å². The first kappa shape index (κ1) is 16.6. The molecule has 2 rings (SSSR count). The van der Waals surface area contributed by atoms with Crippen molar-refractivity contribution in [3.05, 3.63) is 70.5 Å². The van der Waals surface area contributed by atoms with Crippen LogP contribution < -0.4 is 10.7 Å². The minimum absolute atomic E-state index is 0.244. The van der Waals surface area contributed by atoms with Crippen molar-refractivity contribution in [2.24, 2.45) is 5.10 Å². The summed E-state index contributed by atoms with van der Waals surface area (Å²) in [7, 11) is 0. The van der Waals surface area contributed by atoms with Crippen molar-refractivity contribution in [3.63, 3.8) is 0 Å². The molecule has 2 aromatic rings. The van der Waals surface area contributed by atoms with Crippen molar-refractivity contribution < 1.29 is 14.0 Å². The molecule has 0 saturated carbocycles. The first-order valence-electron chi connectivity index (χ1n) is 6.66. The Morgan fingerprint density at radius 2 is 1.96 bits per heavy atom. The van der Waals surface area contributed by atoms with E-state index < -0.39 is 17.6 Å². The number of amides is 2. The van der Waals surface area contributed by atoms with Gasteiger partial charge < -0.3 is 5.32 Å². The van der Waals surface area contributed by atoms with E-state index in [-0.39, 0.29) is 6.54 Å². The van der Waals surface area contributed by atoms with Crippen LogP contribution in [0.4, 0.5) is 4.39 Å². The molecule has 0 bridgehead atoms. The maximum Gasteiger partial charge on any atom is 0.259 e. The molecule has 0 aliphatic heterocycles. The maximum atomic E-state index is 12.9. The molecule has 0 atom stereocenters. The lowest BCUT2D eigenvalue weighted by Crippen LogP contribution is -2.34. The molecule has 7 heteroatoms. The van der Waals surface area contributed by atoms with E-state index in [1.807, 2.05) is 0 Å². The van der Waals surface area contributed by atoms with Gasteiger partial charge in [0, 0.05) is 10.6 Å². The molecular weight excluding hydrogens is 321 g/mol. The molecule has 0 fully saturated rings. The molecule has 0 heterocycles. The number of hydrogen-bond donors (Lipinski definition) is 2. The van der Waals surface area contributed by atoms with Crippen LogP contribution in [0.1, 0.15) is 15.9 Å². The number of carbonyl (C=O) groups is 2. The Morgan fingerprint density at radius 1 is 1.17 bits per heavy atom. The number of nitrogens with one attached hydrogen (secondary N) is 2. The van der Waals surface area contributed by atoms with Crippen molar-refractivity contribution >= 4 is 29.6 Å². The lowest BCUT2D eigenvalue weighted by atomic mass is 10.2. The van der Waals surface area contributed by atoms with Crippen LogP contribution in [-0.2, 0) is 4.79 Å². The van der Waals surface area contributed by atoms with Crippen LogP contribution in [0, 0.1) is 5.82 Å². The number of benzene rings is 2. The minimum Gasteiger partial charge on any atom is -0.343 e. The summed E-state index contributed by atoms with van der Waals surface area (Å²) >= 11 is 5.78. The fraction of sp³-hybridized carbons (Fsp3) is 0.0625. The third-order valence-electron chi connectivity index (χ3n) is 2.75. The van der Waals surface area contributed by atoms with E-state index in [2.05, 4.69) is 15.8 Å². The highest BCUT2D eigenvalue weighted by molar-refractivity contribution is 6.30. The molecule has 2 N–H and O–H groups in total. The quantitative estimate of drug-likeness (QED) is 0.651. The fourth-order valence-electron chi connectivity index (χ4n) is 1.70. The Bertz CT molecular complexity index is 750. The monoisotopic (exact) mass is 333 g/mol. The first-order chi connectivity index (χ1) is 11.0. The van der Waals surface area contributed by atoms with Crippen LogP contribution in [0.25, 0.3) is 0 Å². The molecule has 0 saturated heterocycles. The standard InChI is InChI=1S/C16H13ClFN3O2/c17-13-5-2-4-12(8-13)16(23)19-10-15(22)21-20-9-11-3-1-6-14(18)7-11/h1-9H,10H2,(H,19,23)(H,21,22)/b20-9+. The summed E-state index contributed by atoms with van der Waals surface area (Å²) in [6.45, 7) is -0.244. The average Bonchev–Trinajstić information content (AvgIpc) is 2.52. The highest BCUT2D eigenvalue weighted by Crippen LogP contribution is 2.10. The van der Waals surface area contributed by atoms with Gasteiger partial charge in [0.05, 0.1) is 12.8 Å². The topological polar surface area (TPSA) is 70.6 Å². The van der Waals surface area contributed by atoms with Crippen molar-refractivity contribution in [3.8, 4) is 0 Å². The SMILES string of the molecule is O=C(CNC(=O)c1cccc(Cl)c1)N/N=C/c1cccc(F)c1. The van der Waals surface area contributed by atoms with Crippen LogP contribution >= 0.6 is 11.6 Å². The third kappa shape index (κ3) is 5.52. The molecule has 5 nitrogen and oxygen atoms in total. The molecule has 0 aromatic heterocycles. The fourth-order valence-corrected chi connectivity index (χ4v) is 1.89. The first-order valence-corrected chi connectivity index (χ1v) is 7.03. The predicted octanol–water partition coefficient (Wildman–Crippen LogP) is 2.36. The van der Waals surface area contributed by atoms with E-state index in [9.17, 15) is 14.0 Å². The van der Waals surface area contributed by atoms with Gasteiger partial charge in [0.1, 0.15) is 5.82 Å². The summed E-state index contributed by atoms with van der Waals surface area (Å²) in [4.78, 5) is 23.4. The van der Waals surface area contributed by atoms with Crippen molar-refractivity contribution in [2.45, 2.75) is 0 Å². The number of carbonyl (C=O) groups excluding carboxylic acids is 2. The summed E-state index contributed by atoms with van der Waals surface area (Å²) in [5.41, 5.74) is 3.10. The molecule has 2 aromatic carbocycles. The maximum absolute atomic E-state index is 12.9. The molecule has 0 aliphatic rings. The Hall–Kier alpha value is -2.73. The second-order valence-corrected chi connectivity index (χ2v) is 4.98. The van der Waals surface area contributed by atoms with Gasteiger partial charge in [0.2, 0.25) is 0 Å². The van der Waals surface area contributed by atoms with Gasteiger partial charge >= 0.3 is 0 Å². The second kappa shape index (κ2) is 8.05. The van der Waals surface area contributed by atoms with Gasteiger partial charge in [-0.1, -0.05) is 29.8 Å². The second-order valence-electron chi connectivity index (χ2n) is 4.54. The Morgan fingerprint density at radius 3 is 2.70 bits per heavy atom. The van der Waals surface area contributed by atoms with E-state index >= 15 is 0 Å². The zero-order chi connectivity index (χ0) is 16.7. The number of hydrazone groups is 1. The van der Waals surface area contributed by atoms with Gasteiger partial charge in [0.15, 0.2) is 0 Å². The molecule has 23 heavy (non-hydrogen) atoms. The van der Waals surface area contributed by atoms with Crippen LogP contribution in [0.2, 0.25) is 5.02 Å². The minimum atomic E-state index is -0.506. The largest absolute Gasteiger partial charge is 0.343 e. The van der Waals surface area contributed by atoms with E-state index in [1.165, 1.54) is 30.5 Å². The van der Waals surface area contributed by atoms with Gasteiger partial charge in [-0.2, -0.15) is 5.10 Å². The lowest BCUT2D eigenvalue weighted by molar-refractivity contribution is -0.120. The van der Waals surface area contributed by atoms with E-state index in [1.54, 1.807) is 24.3 Å².